The lowest BCUT2D eigenvalue weighted by Crippen LogP contribution is -2.39. The maximum Gasteiger partial charge on any atom is 0.243 e. The molecule has 2 aliphatic heterocycles. The molecule has 2 aromatic carbocycles. The fraction of sp³-hybridized carbons (Fsp3) is 0.278. The molecule has 2 heterocycles. The van der Waals surface area contributed by atoms with Crippen molar-refractivity contribution in [2.24, 2.45) is 0 Å². The van der Waals surface area contributed by atoms with Crippen LogP contribution in [-0.2, 0) is 20.2 Å². The summed E-state index contributed by atoms with van der Waals surface area (Å²) < 4.78 is 40.8. The van der Waals surface area contributed by atoms with Crippen LogP contribution in [0, 0.1) is 12.7 Å². The third-order valence-electron chi connectivity index (χ3n) is 5.13. The van der Waals surface area contributed by atoms with E-state index in [0.717, 1.165) is 17.3 Å². The van der Waals surface area contributed by atoms with Gasteiger partial charge in [0, 0.05) is 18.8 Å². The predicted molar refractivity (Wildman–Crippen MR) is 91.3 cm³/mol. The minimum atomic E-state index is -3.87. The summed E-state index contributed by atoms with van der Waals surface area (Å²) in [7, 11) is -3.87. The zero-order chi connectivity index (χ0) is 17.8. The molecule has 0 saturated carbocycles. The largest absolute Gasteiger partial charge is 0.325 e. The van der Waals surface area contributed by atoms with E-state index in [9.17, 15) is 17.6 Å². The zero-order valence-electron chi connectivity index (χ0n) is 13.6. The van der Waals surface area contributed by atoms with Gasteiger partial charge in [-0.2, -0.15) is 4.31 Å². The van der Waals surface area contributed by atoms with Crippen molar-refractivity contribution >= 4 is 21.6 Å². The van der Waals surface area contributed by atoms with Crippen molar-refractivity contribution < 1.29 is 17.6 Å². The first kappa shape index (κ1) is 16.2. The van der Waals surface area contributed by atoms with Crippen LogP contribution in [0.4, 0.5) is 10.1 Å². The van der Waals surface area contributed by atoms with Crippen molar-refractivity contribution in [2.75, 3.05) is 18.4 Å². The van der Waals surface area contributed by atoms with Gasteiger partial charge in [0.25, 0.3) is 0 Å². The highest BCUT2D eigenvalue weighted by molar-refractivity contribution is 7.89. The van der Waals surface area contributed by atoms with Gasteiger partial charge in [0.05, 0.1) is 10.3 Å². The number of anilines is 1. The van der Waals surface area contributed by atoms with E-state index < -0.39 is 21.3 Å². The highest BCUT2D eigenvalue weighted by atomic mass is 32.2. The van der Waals surface area contributed by atoms with Crippen molar-refractivity contribution in [3.05, 3.63) is 59.4 Å². The summed E-state index contributed by atoms with van der Waals surface area (Å²) >= 11 is 0. The normalized spacial score (nSPS) is 23.0. The summed E-state index contributed by atoms with van der Waals surface area (Å²) in [6.07, 6.45) is 0.406. The summed E-state index contributed by atoms with van der Waals surface area (Å²) in [5, 5.41) is 2.84. The number of carbonyl (C=O) groups excluding carboxylic acids is 1. The smallest absolute Gasteiger partial charge is 0.243 e. The summed E-state index contributed by atoms with van der Waals surface area (Å²) in [5.74, 6) is -0.774. The summed E-state index contributed by atoms with van der Waals surface area (Å²) in [6.45, 7) is 1.92. The first-order valence-corrected chi connectivity index (χ1v) is 9.46. The van der Waals surface area contributed by atoms with Gasteiger partial charge in [-0.25, -0.2) is 12.8 Å². The Balaban J connectivity index is 1.74. The van der Waals surface area contributed by atoms with Crippen molar-refractivity contribution in [1.82, 2.24) is 4.31 Å². The van der Waals surface area contributed by atoms with E-state index in [2.05, 4.69) is 5.32 Å². The van der Waals surface area contributed by atoms with Crippen LogP contribution in [0.2, 0.25) is 0 Å². The third kappa shape index (κ3) is 2.30. The van der Waals surface area contributed by atoms with E-state index in [1.165, 1.54) is 16.4 Å². The molecule has 25 heavy (non-hydrogen) atoms. The second-order valence-electron chi connectivity index (χ2n) is 6.58. The Labute approximate surface area is 145 Å². The van der Waals surface area contributed by atoms with Gasteiger partial charge in [0.15, 0.2) is 0 Å². The number of benzene rings is 2. The Bertz CT molecular complexity index is 990. The van der Waals surface area contributed by atoms with Gasteiger partial charge in [0.1, 0.15) is 5.82 Å². The maximum absolute atomic E-state index is 13.6. The number of nitrogens with zero attached hydrogens (tertiary/aromatic N) is 1. The van der Waals surface area contributed by atoms with Crippen LogP contribution in [0.1, 0.15) is 17.5 Å². The topological polar surface area (TPSA) is 66.5 Å². The van der Waals surface area contributed by atoms with Crippen molar-refractivity contribution in [3.63, 3.8) is 0 Å². The average Bonchev–Trinajstić information content (AvgIpc) is 3.15. The number of amides is 1. The predicted octanol–water partition coefficient (Wildman–Crippen LogP) is 2.42. The lowest BCUT2D eigenvalue weighted by molar-refractivity contribution is -0.120. The standard InChI is InChI=1S/C18H17FN2O3S/c1-12-6-7-13(19)10-16(12)25(23,24)21-9-8-18(11-21)14-4-2-3-5-15(14)20-17(18)22/h2-7,10H,8-9,11H2,1H3,(H,20,22)/t18-/m0/s1. The minimum absolute atomic E-state index is 0.0451. The van der Waals surface area contributed by atoms with Crippen molar-refractivity contribution in [1.29, 1.82) is 0 Å². The van der Waals surface area contributed by atoms with E-state index in [1.807, 2.05) is 24.3 Å². The Morgan fingerprint density at radius 3 is 2.76 bits per heavy atom. The third-order valence-corrected chi connectivity index (χ3v) is 7.11. The first-order valence-electron chi connectivity index (χ1n) is 8.02. The van der Waals surface area contributed by atoms with Gasteiger partial charge < -0.3 is 5.32 Å². The van der Waals surface area contributed by atoms with Gasteiger partial charge in [-0.1, -0.05) is 24.3 Å². The molecule has 130 valence electrons. The molecule has 1 atom stereocenters. The summed E-state index contributed by atoms with van der Waals surface area (Å²) in [4.78, 5) is 12.5. The molecule has 1 amide bonds. The Morgan fingerprint density at radius 2 is 1.96 bits per heavy atom. The van der Waals surface area contributed by atoms with E-state index >= 15 is 0 Å². The minimum Gasteiger partial charge on any atom is -0.325 e. The molecule has 1 spiro atoms. The van der Waals surface area contributed by atoms with Crippen LogP contribution < -0.4 is 5.32 Å². The molecule has 1 N–H and O–H groups in total. The van der Waals surface area contributed by atoms with Gasteiger partial charge in [0.2, 0.25) is 15.9 Å². The SMILES string of the molecule is Cc1ccc(F)cc1S(=O)(=O)N1CC[C@@]2(C1)C(=O)Nc1ccccc12. The Morgan fingerprint density at radius 1 is 1.20 bits per heavy atom. The van der Waals surface area contributed by atoms with Crippen molar-refractivity contribution in [2.45, 2.75) is 23.7 Å². The molecule has 0 bridgehead atoms. The van der Waals surface area contributed by atoms with Crippen molar-refractivity contribution in [3.8, 4) is 0 Å². The lowest BCUT2D eigenvalue weighted by atomic mass is 9.81. The second-order valence-corrected chi connectivity index (χ2v) is 8.49. The average molecular weight is 360 g/mol. The molecule has 4 rings (SSSR count). The molecule has 0 radical (unpaired) electrons. The van der Waals surface area contributed by atoms with Crippen LogP contribution >= 0.6 is 0 Å². The van der Waals surface area contributed by atoms with Gasteiger partial charge in [-0.15, -0.1) is 0 Å². The van der Waals surface area contributed by atoms with E-state index in [-0.39, 0.29) is 23.9 Å². The van der Waals surface area contributed by atoms with E-state index in [4.69, 9.17) is 0 Å². The molecule has 5 nitrogen and oxygen atoms in total. The molecule has 2 aromatic rings. The quantitative estimate of drug-likeness (QED) is 0.894. The van der Waals surface area contributed by atoms with Crippen LogP contribution in [0.3, 0.4) is 0 Å². The molecule has 0 unspecified atom stereocenters. The number of halogens is 1. The molecule has 0 aromatic heterocycles. The fourth-order valence-electron chi connectivity index (χ4n) is 3.75. The monoisotopic (exact) mass is 360 g/mol. The number of nitrogens with one attached hydrogen (secondary N) is 1. The highest BCUT2D eigenvalue weighted by Crippen LogP contribution is 2.45. The molecule has 7 heteroatoms. The molecular weight excluding hydrogens is 343 g/mol. The van der Waals surface area contributed by atoms with E-state index in [0.29, 0.717) is 12.0 Å². The number of sulfonamides is 1. The Kier molecular flexibility index (Phi) is 3.49. The number of carbonyl (C=O) groups is 1. The highest BCUT2D eigenvalue weighted by Gasteiger charge is 2.53. The first-order chi connectivity index (χ1) is 11.8. The number of para-hydroxylation sites is 1. The number of rotatable bonds is 2. The number of hydrogen-bond acceptors (Lipinski definition) is 3. The molecule has 1 saturated heterocycles. The summed E-state index contributed by atoms with van der Waals surface area (Å²) in [6, 6.07) is 11.1. The number of aryl methyl sites for hydroxylation is 1. The number of hydrogen-bond donors (Lipinski definition) is 1. The van der Waals surface area contributed by atoms with E-state index in [1.54, 1.807) is 6.92 Å². The number of fused-ring (bicyclic) bond motifs is 2. The molecule has 1 fully saturated rings. The van der Waals surface area contributed by atoms with Gasteiger partial charge in [-0.05, 0) is 42.7 Å². The summed E-state index contributed by atoms with van der Waals surface area (Å²) in [5.41, 5.74) is 1.17. The second kappa shape index (κ2) is 5.37. The van der Waals surface area contributed by atoms with Crippen LogP contribution in [0.25, 0.3) is 0 Å². The Hall–Kier alpha value is -2.25. The van der Waals surface area contributed by atoms with Crippen LogP contribution in [-0.4, -0.2) is 31.7 Å². The maximum atomic E-state index is 13.6. The van der Waals surface area contributed by atoms with Crippen LogP contribution in [0.5, 0.6) is 0 Å². The lowest BCUT2D eigenvalue weighted by Gasteiger charge is -2.23. The van der Waals surface area contributed by atoms with Crippen LogP contribution in [0.15, 0.2) is 47.4 Å². The fourth-order valence-corrected chi connectivity index (χ4v) is 5.49. The zero-order valence-corrected chi connectivity index (χ0v) is 14.4. The molecule has 0 aliphatic carbocycles. The van der Waals surface area contributed by atoms with Gasteiger partial charge in [-0.3, -0.25) is 4.79 Å². The molecular formula is C18H17FN2O3S. The van der Waals surface area contributed by atoms with Gasteiger partial charge >= 0.3 is 0 Å². The molecule has 2 aliphatic rings.